The van der Waals surface area contributed by atoms with Crippen molar-refractivity contribution in [3.63, 3.8) is 0 Å². The molecule has 2 aliphatic heterocycles. The lowest BCUT2D eigenvalue weighted by Crippen LogP contribution is -2.32. The first-order valence-electron chi connectivity index (χ1n) is 6.58. The number of anilines is 1. The molecule has 2 N–H and O–H groups in total. The van der Waals surface area contributed by atoms with E-state index in [0.717, 1.165) is 18.5 Å². The molecule has 3 unspecified atom stereocenters. The third-order valence-corrected chi connectivity index (χ3v) is 4.37. The van der Waals surface area contributed by atoms with Crippen LogP contribution >= 0.6 is 11.6 Å². The summed E-state index contributed by atoms with van der Waals surface area (Å²) in [5, 5.41) is 6.97. The molecule has 0 saturated carbocycles. The summed E-state index contributed by atoms with van der Waals surface area (Å²) >= 11 is 5.96. The van der Waals surface area contributed by atoms with Gasteiger partial charge < -0.3 is 15.4 Å². The first kappa shape index (κ1) is 12.8. The minimum atomic E-state index is 0.0837. The molecule has 4 nitrogen and oxygen atoms in total. The van der Waals surface area contributed by atoms with E-state index in [1.807, 2.05) is 0 Å². The molecular weight excluding hydrogens is 264 g/mol. The number of rotatable bonds is 3. The van der Waals surface area contributed by atoms with E-state index in [2.05, 4.69) is 10.6 Å². The van der Waals surface area contributed by atoms with Gasteiger partial charge in [-0.1, -0.05) is 11.6 Å². The van der Waals surface area contributed by atoms with Gasteiger partial charge in [0.1, 0.15) is 5.75 Å². The lowest BCUT2D eigenvalue weighted by molar-refractivity contribution is -0.120. The summed E-state index contributed by atoms with van der Waals surface area (Å²) in [6, 6.07) is 6.15. The monoisotopic (exact) mass is 280 g/mol. The molecule has 1 aromatic carbocycles. The standard InChI is InChI=1S/C14H17ClN2O2/c1-19-13-7-9(2-4-11(13)15)17-14(18)10-6-8-3-5-12(10)16-8/h2,4,7-8,10,12,16H,3,5-6H2,1H3,(H,17,18). The van der Waals surface area contributed by atoms with E-state index in [1.165, 1.54) is 6.42 Å². The number of nitrogens with one attached hydrogen (secondary N) is 2. The predicted octanol–water partition coefficient (Wildman–Crippen LogP) is 2.43. The Morgan fingerprint density at radius 1 is 1.47 bits per heavy atom. The zero-order chi connectivity index (χ0) is 13.4. The van der Waals surface area contributed by atoms with Gasteiger partial charge in [-0.2, -0.15) is 0 Å². The lowest BCUT2D eigenvalue weighted by atomic mass is 9.88. The number of ether oxygens (including phenoxy) is 1. The second-order valence-electron chi connectivity index (χ2n) is 5.23. The maximum Gasteiger partial charge on any atom is 0.229 e. The number of fused-ring (bicyclic) bond motifs is 2. The third-order valence-electron chi connectivity index (χ3n) is 4.06. The minimum Gasteiger partial charge on any atom is -0.495 e. The fourth-order valence-electron chi connectivity index (χ4n) is 3.09. The summed E-state index contributed by atoms with van der Waals surface area (Å²) in [6.45, 7) is 0. The maximum absolute atomic E-state index is 12.3. The molecule has 0 aromatic heterocycles. The minimum absolute atomic E-state index is 0.0837. The van der Waals surface area contributed by atoms with Crippen LogP contribution < -0.4 is 15.4 Å². The van der Waals surface area contributed by atoms with Gasteiger partial charge >= 0.3 is 0 Å². The van der Waals surface area contributed by atoms with Crippen LogP contribution in [0.1, 0.15) is 19.3 Å². The van der Waals surface area contributed by atoms with Crippen LogP contribution in [0.25, 0.3) is 0 Å². The predicted molar refractivity (Wildman–Crippen MR) is 74.7 cm³/mol. The van der Waals surface area contributed by atoms with E-state index >= 15 is 0 Å². The SMILES string of the molecule is COc1cc(NC(=O)C2CC3CCC2N3)ccc1Cl. The molecule has 3 atom stereocenters. The second kappa shape index (κ2) is 5.02. The highest BCUT2D eigenvalue weighted by atomic mass is 35.5. The van der Waals surface area contributed by atoms with Crippen molar-refractivity contribution in [2.24, 2.45) is 5.92 Å². The van der Waals surface area contributed by atoms with E-state index in [-0.39, 0.29) is 11.8 Å². The Bertz CT molecular complexity index is 506. The highest BCUT2D eigenvalue weighted by molar-refractivity contribution is 6.32. The Hall–Kier alpha value is -1.26. The van der Waals surface area contributed by atoms with Crippen LogP contribution in [-0.2, 0) is 4.79 Å². The topological polar surface area (TPSA) is 50.4 Å². The second-order valence-corrected chi connectivity index (χ2v) is 5.64. The molecule has 0 aliphatic carbocycles. The summed E-state index contributed by atoms with van der Waals surface area (Å²) in [4.78, 5) is 12.3. The van der Waals surface area contributed by atoms with Crippen molar-refractivity contribution in [2.45, 2.75) is 31.3 Å². The van der Waals surface area contributed by atoms with Gasteiger partial charge in [0.2, 0.25) is 5.91 Å². The fraction of sp³-hybridized carbons (Fsp3) is 0.500. The van der Waals surface area contributed by atoms with E-state index < -0.39 is 0 Å². The summed E-state index contributed by atoms with van der Waals surface area (Å²) in [5.74, 6) is 0.745. The molecule has 1 amide bonds. The Labute approximate surface area is 117 Å². The van der Waals surface area contributed by atoms with Gasteiger partial charge in [0, 0.05) is 23.8 Å². The first-order valence-corrected chi connectivity index (χ1v) is 6.95. The normalized spacial score (nSPS) is 28.4. The number of carbonyl (C=O) groups excluding carboxylic acids is 1. The van der Waals surface area contributed by atoms with Crippen LogP contribution in [-0.4, -0.2) is 25.1 Å². The number of amides is 1. The summed E-state index contributed by atoms with van der Waals surface area (Å²) in [7, 11) is 1.56. The quantitative estimate of drug-likeness (QED) is 0.894. The van der Waals surface area contributed by atoms with Gasteiger partial charge in [0.05, 0.1) is 18.1 Å². The number of carbonyl (C=O) groups is 1. The molecular formula is C14H17ClN2O2. The highest BCUT2D eigenvalue weighted by Gasteiger charge is 2.42. The largest absolute Gasteiger partial charge is 0.495 e. The van der Waals surface area contributed by atoms with Crippen LogP contribution in [0.3, 0.4) is 0 Å². The average Bonchev–Trinajstić information content (AvgIpc) is 3.03. The molecule has 2 saturated heterocycles. The van der Waals surface area contributed by atoms with Crippen LogP contribution in [0.15, 0.2) is 18.2 Å². The fourth-order valence-corrected chi connectivity index (χ4v) is 3.28. The zero-order valence-corrected chi connectivity index (χ0v) is 11.5. The molecule has 3 rings (SSSR count). The average molecular weight is 281 g/mol. The van der Waals surface area contributed by atoms with Crippen LogP contribution in [0.2, 0.25) is 5.02 Å². The van der Waals surface area contributed by atoms with Gasteiger partial charge in [-0.25, -0.2) is 0 Å². The number of halogens is 1. The molecule has 1 aromatic rings. The van der Waals surface area contributed by atoms with E-state index in [9.17, 15) is 4.79 Å². The van der Waals surface area contributed by atoms with Crippen LogP contribution in [0.4, 0.5) is 5.69 Å². The molecule has 5 heteroatoms. The zero-order valence-electron chi connectivity index (χ0n) is 10.8. The highest BCUT2D eigenvalue weighted by Crippen LogP contribution is 2.34. The number of methoxy groups -OCH3 is 1. The number of hydrogen-bond donors (Lipinski definition) is 2. The molecule has 102 valence electrons. The molecule has 2 fully saturated rings. The van der Waals surface area contributed by atoms with Gasteiger partial charge in [-0.05, 0) is 31.4 Å². The Morgan fingerprint density at radius 3 is 2.95 bits per heavy atom. The van der Waals surface area contributed by atoms with Crippen molar-refractivity contribution >= 4 is 23.2 Å². The summed E-state index contributed by atoms with van der Waals surface area (Å²) in [6.07, 6.45) is 3.25. The van der Waals surface area contributed by atoms with Crippen molar-refractivity contribution in [1.82, 2.24) is 5.32 Å². The van der Waals surface area contributed by atoms with Gasteiger partial charge in [-0.15, -0.1) is 0 Å². The van der Waals surface area contributed by atoms with Crippen LogP contribution in [0.5, 0.6) is 5.75 Å². The van der Waals surface area contributed by atoms with Gasteiger partial charge in [0.25, 0.3) is 0 Å². The van der Waals surface area contributed by atoms with Crippen LogP contribution in [0, 0.1) is 5.92 Å². The first-order chi connectivity index (χ1) is 9.17. The van der Waals surface area contributed by atoms with Gasteiger partial charge in [0.15, 0.2) is 0 Å². The smallest absolute Gasteiger partial charge is 0.229 e. The molecule has 2 bridgehead atoms. The van der Waals surface area contributed by atoms with Crippen molar-refractivity contribution in [3.8, 4) is 5.75 Å². The molecule has 0 radical (unpaired) electrons. The van der Waals surface area contributed by atoms with Crippen molar-refractivity contribution in [2.75, 3.05) is 12.4 Å². The van der Waals surface area contributed by atoms with E-state index in [0.29, 0.717) is 22.9 Å². The number of benzene rings is 1. The summed E-state index contributed by atoms with van der Waals surface area (Å²) < 4.78 is 5.15. The van der Waals surface area contributed by atoms with Crippen molar-refractivity contribution < 1.29 is 9.53 Å². The van der Waals surface area contributed by atoms with E-state index in [4.69, 9.17) is 16.3 Å². The van der Waals surface area contributed by atoms with Crippen molar-refractivity contribution in [1.29, 1.82) is 0 Å². The Balaban J connectivity index is 1.69. The molecule has 19 heavy (non-hydrogen) atoms. The molecule has 2 aliphatic rings. The Kier molecular flexibility index (Phi) is 3.37. The maximum atomic E-state index is 12.3. The molecule has 2 heterocycles. The molecule has 0 spiro atoms. The number of hydrogen-bond acceptors (Lipinski definition) is 3. The van der Waals surface area contributed by atoms with Crippen molar-refractivity contribution in [3.05, 3.63) is 23.2 Å². The lowest BCUT2D eigenvalue weighted by Gasteiger charge is -2.19. The summed E-state index contributed by atoms with van der Waals surface area (Å²) in [5.41, 5.74) is 0.731. The van der Waals surface area contributed by atoms with E-state index in [1.54, 1.807) is 25.3 Å². The Morgan fingerprint density at radius 2 is 2.32 bits per heavy atom. The third kappa shape index (κ3) is 2.42. The van der Waals surface area contributed by atoms with Gasteiger partial charge in [-0.3, -0.25) is 4.79 Å².